The number of amides is 2. The first kappa shape index (κ1) is 14.5. The zero-order chi connectivity index (χ0) is 14.8. The summed E-state index contributed by atoms with van der Waals surface area (Å²) in [7, 11) is -1.53. The van der Waals surface area contributed by atoms with Gasteiger partial charge in [-0.25, -0.2) is 8.42 Å². The minimum Gasteiger partial charge on any atom is -0.355 e. The van der Waals surface area contributed by atoms with E-state index >= 15 is 0 Å². The highest BCUT2D eigenvalue weighted by atomic mass is 32.2. The van der Waals surface area contributed by atoms with E-state index in [1.165, 1.54) is 0 Å². The maximum atomic E-state index is 11.9. The molecule has 0 bridgehead atoms. The van der Waals surface area contributed by atoms with E-state index in [-0.39, 0.29) is 23.3 Å². The van der Waals surface area contributed by atoms with Gasteiger partial charge in [-0.2, -0.15) is 0 Å². The van der Waals surface area contributed by atoms with Crippen molar-refractivity contribution in [1.82, 2.24) is 5.32 Å². The standard InChI is InChI=1S/C13H16N2O4S/c1-14-12(16)9-2-4-11(5-3-9)15-13(17)10-6-7-20(18,19)8-10/h2-5,10H,6-8H2,1H3,(H,14,16)(H,15,17)/t10-/m1/s1. The fourth-order valence-electron chi connectivity index (χ4n) is 2.10. The summed E-state index contributed by atoms with van der Waals surface area (Å²) < 4.78 is 22.7. The maximum absolute atomic E-state index is 11.9. The van der Waals surface area contributed by atoms with Crippen molar-refractivity contribution in [2.45, 2.75) is 6.42 Å². The summed E-state index contributed by atoms with van der Waals surface area (Å²) in [4.78, 5) is 23.3. The van der Waals surface area contributed by atoms with Crippen molar-refractivity contribution in [3.05, 3.63) is 29.8 Å². The van der Waals surface area contributed by atoms with Crippen molar-refractivity contribution in [2.24, 2.45) is 5.92 Å². The van der Waals surface area contributed by atoms with Crippen LogP contribution < -0.4 is 10.6 Å². The Labute approximate surface area is 117 Å². The fraction of sp³-hybridized carbons (Fsp3) is 0.385. The molecule has 0 saturated carbocycles. The summed E-state index contributed by atoms with van der Waals surface area (Å²) >= 11 is 0. The van der Waals surface area contributed by atoms with Crippen LogP contribution >= 0.6 is 0 Å². The highest BCUT2D eigenvalue weighted by Crippen LogP contribution is 2.20. The van der Waals surface area contributed by atoms with Gasteiger partial charge in [-0.3, -0.25) is 9.59 Å². The molecule has 1 aromatic rings. The molecule has 20 heavy (non-hydrogen) atoms. The zero-order valence-electron chi connectivity index (χ0n) is 11.0. The average molecular weight is 296 g/mol. The predicted octanol–water partition coefficient (Wildman–Crippen LogP) is 0.419. The van der Waals surface area contributed by atoms with Gasteiger partial charge in [-0.1, -0.05) is 0 Å². The van der Waals surface area contributed by atoms with Gasteiger partial charge in [0.15, 0.2) is 9.84 Å². The lowest BCUT2D eigenvalue weighted by atomic mass is 10.1. The second-order valence-corrected chi connectivity index (χ2v) is 6.97. The number of nitrogens with one attached hydrogen (secondary N) is 2. The van der Waals surface area contributed by atoms with Crippen LogP contribution in [0.15, 0.2) is 24.3 Å². The first-order valence-corrected chi connectivity index (χ1v) is 8.07. The quantitative estimate of drug-likeness (QED) is 0.845. The highest BCUT2D eigenvalue weighted by molar-refractivity contribution is 7.91. The van der Waals surface area contributed by atoms with Crippen molar-refractivity contribution >= 4 is 27.3 Å². The smallest absolute Gasteiger partial charge is 0.251 e. The van der Waals surface area contributed by atoms with Crippen LogP contribution in [-0.2, 0) is 14.6 Å². The number of anilines is 1. The molecule has 0 unspecified atom stereocenters. The molecule has 2 rings (SSSR count). The number of rotatable bonds is 3. The number of carbonyl (C=O) groups is 2. The maximum Gasteiger partial charge on any atom is 0.251 e. The van der Waals surface area contributed by atoms with E-state index in [2.05, 4.69) is 10.6 Å². The monoisotopic (exact) mass is 296 g/mol. The summed E-state index contributed by atoms with van der Waals surface area (Å²) in [5, 5.41) is 5.17. The molecule has 1 aliphatic heterocycles. The first-order chi connectivity index (χ1) is 9.41. The Morgan fingerprint density at radius 1 is 1.20 bits per heavy atom. The number of carbonyl (C=O) groups excluding carboxylic acids is 2. The van der Waals surface area contributed by atoms with Crippen LogP contribution in [0, 0.1) is 5.92 Å². The molecular weight excluding hydrogens is 280 g/mol. The lowest BCUT2D eigenvalue weighted by molar-refractivity contribution is -0.119. The van der Waals surface area contributed by atoms with Crippen molar-refractivity contribution in [3.63, 3.8) is 0 Å². The molecule has 0 aliphatic carbocycles. The van der Waals surface area contributed by atoms with Crippen LogP contribution in [0.25, 0.3) is 0 Å². The van der Waals surface area contributed by atoms with Crippen LogP contribution in [0.4, 0.5) is 5.69 Å². The van der Waals surface area contributed by atoms with Gasteiger partial charge < -0.3 is 10.6 Å². The molecule has 108 valence electrons. The Hall–Kier alpha value is -1.89. The van der Waals surface area contributed by atoms with Crippen LogP contribution in [-0.4, -0.2) is 38.8 Å². The molecule has 1 saturated heterocycles. The third-order valence-electron chi connectivity index (χ3n) is 3.24. The lowest BCUT2D eigenvalue weighted by Gasteiger charge is -2.09. The van der Waals surface area contributed by atoms with E-state index in [1.54, 1.807) is 31.3 Å². The molecule has 1 heterocycles. The van der Waals surface area contributed by atoms with Gasteiger partial charge in [0.1, 0.15) is 0 Å². The average Bonchev–Trinajstić information content (AvgIpc) is 2.79. The van der Waals surface area contributed by atoms with Gasteiger partial charge >= 0.3 is 0 Å². The molecule has 2 N–H and O–H groups in total. The van der Waals surface area contributed by atoms with E-state index < -0.39 is 15.8 Å². The third-order valence-corrected chi connectivity index (χ3v) is 5.01. The molecular formula is C13H16N2O4S. The molecule has 0 aromatic heterocycles. The highest BCUT2D eigenvalue weighted by Gasteiger charge is 2.32. The van der Waals surface area contributed by atoms with Crippen molar-refractivity contribution in [3.8, 4) is 0 Å². The second-order valence-electron chi connectivity index (χ2n) is 4.75. The van der Waals surface area contributed by atoms with Crippen LogP contribution in [0.5, 0.6) is 0 Å². The van der Waals surface area contributed by atoms with E-state index in [4.69, 9.17) is 0 Å². The SMILES string of the molecule is CNC(=O)c1ccc(NC(=O)[C@@H]2CCS(=O)(=O)C2)cc1. The van der Waals surface area contributed by atoms with Crippen molar-refractivity contribution in [1.29, 1.82) is 0 Å². The lowest BCUT2D eigenvalue weighted by Crippen LogP contribution is -2.23. The van der Waals surface area contributed by atoms with Gasteiger partial charge in [0.05, 0.1) is 17.4 Å². The van der Waals surface area contributed by atoms with Crippen LogP contribution in [0.2, 0.25) is 0 Å². The molecule has 1 aromatic carbocycles. The van der Waals surface area contributed by atoms with Crippen molar-refractivity contribution < 1.29 is 18.0 Å². The summed E-state index contributed by atoms with van der Waals surface area (Å²) in [6, 6.07) is 6.43. The molecule has 2 amide bonds. The molecule has 1 fully saturated rings. The summed E-state index contributed by atoms with van der Waals surface area (Å²) in [5.41, 5.74) is 1.04. The Morgan fingerprint density at radius 3 is 2.35 bits per heavy atom. The number of benzene rings is 1. The molecule has 1 atom stereocenters. The fourth-order valence-corrected chi connectivity index (χ4v) is 3.84. The zero-order valence-corrected chi connectivity index (χ0v) is 11.9. The normalized spacial score (nSPS) is 20.4. The van der Waals surface area contributed by atoms with Gasteiger partial charge in [0.2, 0.25) is 5.91 Å². The summed E-state index contributed by atoms with van der Waals surface area (Å²) in [6.45, 7) is 0. The van der Waals surface area contributed by atoms with Gasteiger partial charge in [-0.15, -0.1) is 0 Å². The number of sulfone groups is 1. The molecule has 6 nitrogen and oxygen atoms in total. The molecule has 1 aliphatic rings. The van der Waals surface area contributed by atoms with Crippen LogP contribution in [0.1, 0.15) is 16.8 Å². The van der Waals surface area contributed by atoms with Gasteiger partial charge in [0.25, 0.3) is 5.91 Å². The topological polar surface area (TPSA) is 92.3 Å². The van der Waals surface area contributed by atoms with Gasteiger partial charge in [-0.05, 0) is 30.7 Å². The Morgan fingerprint density at radius 2 is 1.85 bits per heavy atom. The van der Waals surface area contributed by atoms with E-state index in [0.29, 0.717) is 17.7 Å². The van der Waals surface area contributed by atoms with E-state index in [0.717, 1.165) is 0 Å². The minimum atomic E-state index is -3.07. The third kappa shape index (κ3) is 3.36. The Kier molecular flexibility index (Phi) is 4.08. The largest absolute Gasteiger partial charge is 0.355 e. The second kappa shape index (κ2) is 5.62. The van der Waals surface area contributed by atoms with Crippen LogP contribution in [0.3, 0.4) is 0 Å². The predicted molar refractivity (Wildman–Crippen MR) is 75.2 cm³/mol. The number of hydrogen-bond acceptors (Lipinski definition) is 4. The first-order valence-electron chi connectivity index (χ1n) is 6.25. The van der Waals surface area contributed by atoms with Gasteiger partial charge in [0, 0.05) is 18.3 Å². The minimum absolute atomic E-state index is 0.0701. The number of hydrogen-bond donors (Lipinski definition) is 2. The van der Waals surface area contributed by atoms with E-state index in [1.807, 2.05) is 0 Å². The summed E-state index contributed by atoms with van der Waals surface area (Å²) in [5.74, 6) is -1.00. The molecule has 0 spiro atoms. The Balaban J connectivity index is 2.00. The van der Waals surface area contributed by atoms with E-state index in [9.17, 15) is 18.0 Å². The molecule has 0 radical (unpaired) electrons. The molecule has 7 heteroatoms. The summed E-state index contributed by atoms with van der Waals surface area (Å²) in [6.07, 6.45) is 0.366. The van der Waals surface area contributed by atoms with Crippen molar-refractivity contribution in [2.75, 3.05) is 23.9 Å². The Bertz CT molecular complexity index is 622.